The standard InChI is InChI=1S/C26H40N2O5S/c1-6-9-10-11-15-33-25(32)20-19-12-13-26(34-19)21(20)23(30)28(18(8-3)16-29)22(26)24(31)27(14-7-2)17(4)5/h6-7,17-22,29H,1-2,8-16H2,3-5H3/t18-,19+,20-,21-,22?,26?/m0/s1. The van der Waals surface area contributed by atoms with Crippen LogP contribution in [0.25, 0.3) is 0 Å². The lowest BCUT2D eigenvalue weighted by molar-refractivity contribution is -0.154. The van der Waals surface area contributed by atoms with Gasteiger partial charge in [0.1, 0.15) is 6.04 Å². The Morgan fingerprint density at radius 1 is 1.32 bits per heavy atom. The number of aliphatic hydroxyl groups excluding tert-OH is 1. The van der Waals surface area contributed by atoms with Crippen molar-refractivity contribution >= 4 is 29.5 Å². The molecule has 2 amide bonds. The topological polar surface area (TPSA) is 87.1 Å². The molecule has 0 aromatic rings. The molecule has 3 saturated heterocycles. The number of hydrogen-bond acceptors (Lipinski definition) is 6. The molecule has 2 bridgehead atoms. The Hall–Kier alpha value is -1.80. The third kappa shape index (κ3) is 4.55. The molecule has 3 aliphatic heterocycles. The van der Waals surface area contributed by atoms with Gasteiger partial charge in [-0.1, -0.05) is 19.1 Å². The average Bonchev–Trinajstić information content (AvgIpc) is 3.45. The number of carbonyl (C=O) groups excluding carboxylic acids is 3. The SMILES string of the molecule is C=CCCCCOC(=O)[C@@H]1[C@H]2C(=O)N([C@@H](CC)CO)C(C(=O)N(CC=C)C(C)C)C23CC[C@H]1S3. The van der Waals surface area contributed by atoms with Crippen LogP contribution in [0.2, 0.25) is 0 Å². The summed E-state index contributed by atoms with van der Waals surface area (Å²) in [6.07, 6.45) is 8.09. The molecule has 3 aliphatic rings. The van der Waals surface area contributed by atoms with Crippen molar-refractivity contribution in [3.8, 4) is 0 Å². The van der Waals surface area contributed by atoms with E-state index < -0.39 is 28.7 Å². The number of amides is 2. The van der Waals surface area contributed by atoms with E-state index in [2.05, 4.69) is 13.2 Å². The van der Waals surface area contributed by atoms with E-state index in [4.69, 9.17) is 4.74 Å². The minimum atomic E-state index is -0.704. The molecule has 34 heavy (non-hydrogen) atoms. The number of allylic oxidation sites excluding steroid dienone is 1. The lowest BCUT2D eigenvalue weighted by Crippen LogP contribution is -2.58. The zero-order valence-electron chi connectivity index (χ0n) is 20.8. The van der Waals surface area contributed by atoms with Crippen LogP contribution in [-0.2, 0) is 19.1 Å². The van der Waals surface area contributed by atoms with Crippen molar-refractivity contribution < 1.29 is 24.2 Å². The van der Waals surface area contributed by atoms with Gasteiger partial charge in [-0.15, -0.1) is 24.9 Å². The average molecular weight is 493 g/mol. The van der Waals surface area contributed by atoms with Crippen molar-refractivity contribution in [2.75, 3.05) is 19.8 Å². The number of nitrogens with zero attached hydrogens (tertiary/aromatic N) is 2. The highest BCUT2D eigenvalue weighted by Crippen LogP contribution is 2.67. The Morgan fingerprint density at radius 2 is 2.06 bits per heavy atom. The summed E-state index contributed by atoms with van der Waals surface area (Å²) in [5, 5.41) is 10.1. The summed E-state index contributed by atoms with van der Waals surface area (Å²) in [6, 6.07) is -1.23. The number of aliphatic hydroxyl groups is 1. The van der Waals surface area contributed by atoms with Crippen LogP contribution in [-0.4, -0.2) is 80.6 Å². The van der Waals surface area contributed by atoms with Crippen LogP contribution in [0.5, 0.6) is 0 Å². The van der Waals surface area contributed by atoms with E-state index in [1.165, 1.54) is 0 Å². The zero-order valence-corrected chi connectivity index (χ0v) is 21.6. The van der Waals surface area contributed by atoms with Gasteiger partial charge < -0.3 is 19.6 Å². The van der Waals surface area contributed by atoms with Gasteiger partial charge in [-0.2, -0.15) is 0 Å². The van der Waals surface area contributed by atoms with E-state index in [1.54, 1.807) is 27.6 Å². The van der Waals surface area contributed by atoms with E-state index in [-0.39, 0.29) is 35.7 Å². The van der Waals surface area contributed by atoms with Crippen LogP contribution in [0.3, 0.4) is 0 Å². The monoisotopic (exact) mass is 492 g/mol. The van der Waals surface area contributed by atoms with Crippen LogP contribution in [0, 0.1) is 11.8 Å². The maximum Gasteiger partial charge on any atom is 0.310 e. The molecule has 8 heteroatoms. The summed E-state index contributed by atoms with van der Waals surface area (Å²) in [5.74, 6) is -1.78. The molecule has 7 nitrogen and oxygen atoms in total. The molecular formula is C26H40N2O5S. The highest BCUT2D eigenvalue weighted by molar-refractivity contribution is 8.02. The molecule has 0 saturated carbocycles. The predicted molar refractivity (Wildman–Crippen MR) is 134 cm³/mol. The third-order valence-electron chi connectivity index (χ3n) is 7.60. The molecule has 0 aromatic carbocycles. The quantitative estimate of drug-likeness (QED) is 0.241. The summed E-state index contributed by atoms with van der Waals surface area (Å²) in [7, 11) is 0. The molecule has 3 fully saturated rings. The van der Waals surface area contributed by atoms with Gasteiger partial charge in [0.15, 0.2) is 0 Å². The van der Waals surface area contributed by atoms with Gasteiger partial charge in [-0.3, -0.25) is 14.4 Å². The summed E-state index contributed by atoms with van der Waals surface area (Å²) in [6.45, 7) is 13.8. The van der Waals surface area contributed by atoms with Crippen molar-refractivity contribution in [3.05, 3.63) is 25.3 Å². The number of esters is 1. The smallest absolute Gasteiger partial charge is 0.310 e. The van der Waals surface area contributed by atoms with Crippen LogP contribution in [0.15, 0.2) is 25.3 Å². The summed E-state index contributed by atoms with van der Waals surface area (Å²) in [5.41, 5.74) is 0. The molecule has 190 valence electrons. The van der Waals surface area contributed by atoms with E-state index in [0.717, 1.165) is 25.7 Å². The van der Waals surface area contributed by atoms with Crippen molar-refractivity contribution in [2.45, 2.75) is 87.4 Å². The number of thioether (sulfide) groups is 1. The lowest BCUT2D eigenvalue weighted by atomic mass is 9.71. The van der Waals surface area contributed by atoms with E-state index in [0.29, 0.717) is 26.0 Å². The van der Waals surface area contributed by atoms with E-state index in [1.807, 2.05) is 26.8 Å². The third-order valence-corrected chi connectivity index (χ3v) is 9.55. The van der Waals surface area contributed by atoms with Crippen LogP contribution >= 0.6 is 11.8 Å². The number of hydrogen-bond donors (Lipinski definition) is 1. The Balaban J connectivity index is 1.94. The van der Waals surface area contributed by atoms with Crippen molar-refractivity contribution in [3.63, 3.8) is 0 Å². The van der Waals surface area contributed by atoms with Crippen molar-refractivity contribution in [1.29, 1.82) is 0 Å². The van der Waals surface area contributed by atoms with Crippen LogP contribution < -0.4 is 0 Å². The molecule has 1 spiro atoms. The Labute approximate surface area is 208 Å². The minimum Gasteiger partial charge on any atom is -0.465 e. The number of carbonyl (C=O) groups is 3. The maximum atomic E-state index is 14.0. The Kier molecular flexibility index (Phi) is 8.90. The number of likely N-dealkylation sites (tertiary alicyclic amines) is 1. The second-order valence-corrected chi connectivity index (χ2v) is 11.5. The zero-order chi connectivity index (χ0) is 25.0. The Morgan fingerprint density at radius 3 is 2.65 bits per heavy atom. The molecular weight excluding hydrogens is 452 g/mol. The first-order valence-electron chi connectivity index (χ1n) is 12.6. The van der Waals surface area contributed by atoms with Gasteiger partial charge in [-0.25, -0.2) is 0 Å². The first-order valence-corrected chi connectivity index (χ1v) is 13.5. The van der Waals surface area contributed by atoms with Crippen LogP contribution in [0.4, 0.5) is 0 Å². The molecule has 0 aliphatic carbocycles. The highest BCUT2D eigenvalue weighted by atomic mass is 32.2. The predicted octanol–water partition coefficient (Wildman–Crippen LogP) is 3.17. The van der Waals surface area contributed by atoms with Gasteiger partial charge in [0, 0.05) is 17.8 Å². The van der Waals surface area contributed by atoms with Crippen molar-refractivity contribution in [2.24, 2.45) is 11.8 Å². The molecule has 1 N–H and O–H groups in total. The second-order valence-electron chi connectivity index (χ2n) is 9.87. The molecule has 6 atom stereocenters. The molecule has 0 aromatic heterocycles. The fourth-order valence-corrected chi connectivity index (χ4v) is 8.14. The summed E-state index contributed by atoms with van der Waals surface area (Å²) >= 11 is 1.63. The largest absolute Gasteiger partial charge is 0.465 e. The summed E-state index contributed by atoms with van der Waals surface area (Å²) < 4.78 is 4.97. The van der Waals surface area contributed by atoms with E-state index in [9.17, 15) is 19.5 Å². The second kappa shape index (κ2) is 11.3. The van der Waals surface area contributed by atoms with Gasteiger partial charge in [0.05, 0.1) is 35.8 Å². The highest BCUT2D eigenvalue weighted by Gasteiger charge is 2.74. The fourth-order valence-electron chi connectivity index (χ4n) is 5.96. The molecule has 3 heterocycles. The number of rotatable bonds is 13. The lowest BCUT2D eigenvalue weighted by Gasteiger charge is -2.40. The number of ether oxygens (including phenoxy) is 1. The first-order chi connectivity index (χ1) is 16.3. The molecule has 2 unspecified atom stereocenters. The normalized spacial score (nSPS) is 30.4. The number of unbranched alkanes of at least 4 members (excludes halogenated alkanes) is 2. The first kappa shape index (κ1) is 26.8. The summed E-state index contributed by atoms with van der Waals surface area (Å²) in [4.78, 5) is 44.5. The van der Waals surface area contributed by atoms with Gasteiger partial charge >= 0.3 is 5.97 Å². The fraction of sp³-hybridized carbons (Fsp3) is 0.731. The molecule has 0 radical (unpaired) electrons. The van der Waals surface area contributed by atoms with Crippen molar-refractivity contribution in [1.82, 2.24) is 9.80 Å². The van der Waals surface area contributed by atoms with Crippen LogP contribution in [0.1, 0.15) is 59.3 Å². The molecule has 3 rings (SSSR count). The minimum absolute atomic E-state index is 0.0202. The van der Waals surface area contributed by atoms with Gasteiger partial charge in [0.25, 0.3) is 0 Å². The van der Waals surface area contributed by atoms with Gasteiger partial charge in [0.2, 0.25) is 11.8 Å². The van der Waals surface area contributed by atoms with E-state index >= 15 is 0 Å². The Bertz CT molecular complexity index is 798. The van der Waals surface area contributed by atoms with Gasteiger partial charge in [-0.05, 0) is 52.4 Å². The maximum absolute atomic E-state index is 14.0. The number of fused-ring (bicyclic) bond motifs is 1.